The Balaban J connectivity index is 0.00000242. The Bertz CT molecular complexity index is 508. The number of hydrogen-bond donors (Lipinski definition) is 2. The highest BCUT2D eigenvalue weighted by molar-refractivity contribution is 5.97. The molecule has 2 rings (SSSR count). The number of para-hydroxylation sites is 1. The first-order chi connectivity index (χ1) is 10.2. The molecule has 0 radical (unpaired) electrons. The van der Waals surface area contributed by atoms with E-state index in [1.807, 2.05) is 25.2 Å². The number of hydrogen-bond acceptors (Lipinski definition) is 3. The lowest BCUT2D eigenvalue weighted by Gasteiger charge is -2.29. The summed E-state index contributed by atoms with van der Waals surface area (Å²) in [4.78, 5) is 25.7. The van der Waals surface area contributed by atoms with Gasteiger partial charge in [0.15, 0.2) is 0 Å². The summed E-state index contributed by atoms with van der Waals surface area (Å²) in [6.45, 7) is 1.61. The molecule has 0 fully saturated rings. The van der Waals surface area contributed by atoms with Crippen LogP contribution in [0.15, 0.2) is 24.3 Å². The van der Waals surface area contributed by atoms with Crippen LogP contribution in [0.3, 0.4) is 0 Å². The molecule has 0 aromatic heterocycles. The Hall–Kier alpha value is -1.59. The van der Waals surface area contributed by atoms with Crippen molar-refractivity contribution in [1.29, 1.82) is 0 Å². The minimum atomic E-state index is -0.0658. The average Bonchev–Trinajstić information content (AvgIpc) is 2.52. The fraction of sp³-hybridized carbons (Fsp3) is 0.500. The normalized spacial score (nSPS) is 13.0. The number of carbonyl (C=O) groups excluding carboxylic acids is 2. The summed E-state index contributed by atoms with van der Waals surface area (Å²) in [6.07, 6.45) is 3.21. The first-order valence-electron chi connectivity index (χ1n) is 7.52. The van der Waals surface area contributed by atoms with Crippen molar-refractivity contribution in [3.8, 4) is 0 Å². The molecule has 0 saturated heterocycles. The number of benzene rings is 1. The van der Waals surface area contributed by atoms with Crippen molar-refractivity contribution in [1.82, 2.24) is 10.6 Å². The molecule has 1 heterocycles. The van der Waals surface area contributed by atoms with E-state index in [1.54, 1.807) is 4.90 Å². The first kappa shape index (κ1) is 18.5. The summed E-state index contributed by atoms with van der Waals surface area (Å²) in [7, 11) is 1.86. The third kappa shape index (κ3) is 5.00. The highest BCUT2D eigenvalue weighted by Crippen LogP contribution is 2.26. The van der Waals surface area contributed by atoms with Gasteiger partial charge in [0.25, 0.3) is 0 Å². The van der Waals surface area contributed by atoms with Crippen LogP contribution in [0.25, 0.3) is 0 Å². The van der Waals surface area contributed by atoms with Crippen molar-refractivity contribution in [2.45, 2.75) is 25.7 Å². The molecule has 0 atom stereocenters. The van der Waals surface area contributed by atoms with Crippen LogP contribution in [0.4, 0.5) is 5.69 Å². The second kappa shape index (κ2) is 9.43. The SMILES string of the molecule is CNCCCC(=O)NCC(=O)N1CCCc2ccccc21.Cl. The zero-order valence-electron chi connectivity index (χ0n) is 12.9. The summed E-state index contributed by atoms with van der Waals surface area (Å²) in [5.41, 5.74) is 2.19. The molecule has 1 aliphatic rings. The van der Waals surface area contributed by atoms with Gasteiger partial charge >= 0.3 is 0 Å². The van der Waals surface area contributed by atoms with Crippen LogP contribution < -0.4 is 15.5 Å². The van der Waals surface area contributed by atoms with Crippen LogP contribution in [0.5, 0.6) is 0 Å². The number of carbonyl (C=O) groups is 2. The fourth-order valence-corrected chi connectivity index (χ4v) is 2.58. The number of amides is 2. The highest BCUT2D eigenvalue weighted by Gasteiger charge is 2.22. The minimum Gasteiger partial charge on any atom is -0.347 e. The zero-order valence-corrected chi connectivity index (χ0v) is 13.7. The summed E-state index contributed by atoms with van der Waals surface area (Å²) in [5.74, 6) is -0.104. The maximum atomic E-state index is 12.3. The van der Waals surface area contributed by atoms with Crippen LogP contribution in [0, 0.1) is 0 Å². The van der Waals surface area contributed by atoms with Crippen molar-refractivity contribution in [2.75, 3.05) is 31.6 Å². The van der Waals surface area contributed by atoms with Crippen LogP contribution in [0.1, 0.15) is 24.8 Å². The Labute approximate surface area is 137 Å². The summed E-state index contributed by atoms with van der Waals surface area (Å²) in [5, 5.41) is 5.71. The molecule has 5 nitrogen and oxygen atoms in total. The maximum absolute atomic E-state index is 12.3. The number of nitrogens with zero attached hydrogens (tertiary/aromatic N) is 1. The van der Waals surface area contributed by atoms with Gasteiger partial charge in [-0.05, 0) is 44.5 Å². The molecule has 0 saturated carbocycles. The highest BCUT2D eigenvalue weighted by atomic mass is 35.5. The number of fused-ring (bicyclic) bond motifs is 1. The van der Waals surface area contributed by atoms with Crippen molar-refractivity contribution >= 4 is 29.9 Å². The van der Waals surface area contributed by atoms with Crippen LogP contribution in [-0.2, 0) is 16.0 Å². The molecular weight excluding hydrogens is 302 g/mol. The Morgan fingerprint density at radius 3 is 2.82 bits per heavy atom. The van der Waals surface area contributed by atoms with E-state index in [-0.39, 0.29) is 30.8 Å². The topological polar surface area (TPSA) is 61.4 Å². The molecule has 0 unspecified atom stereocenters. The van der Waals surface area contributed by atoms with Gasteiger partial charge in [-0.3, -0.25) is 9.59 Å². The predicted octanol–water partition coefficient (Wildman–Crippen LogP) is 1.50. The van der Waals surface area contributed by atoms with Crippen LogP contribution in [0.2, 0.25) is 0 Å². The molecule has 122 valence electrons. The lowest BCUT2D eigenvalue weighted by atomic mass is 10.0. The van der Waals surface area contributed by atoms with Crippen molar-refractivity contribution in [2.24, 2.45) is 0 Å². The third-order valence-electron chi connectivity index (χ3n) is 3.68. The molecule has 1 aromatic rings. The smallest absolute Gasteiger partial charge is 0.246 e. The summed E-state index contributed by atoms with van der Waals surface area (Å²) >= 11 is 0. The van der Waals surface area contributed by atoms with Crippen molar-refractivity contribution in [3.05, 3.63) is 29.8 Å². The van der Waals surface area contributed by atoms with E-state index in [0.29, 0.717) is 6.42 Å². The number of halogens is 1. The molecule has 2 amide bonds. The monoisotopic (exact) mass is 325 g/mol. The number of anilines is 1. The third-order valence-corrected chi connectivity index (χ3v) is 3.68. The van der Waals surface area contributed by atoms with E-state index in [4.69, 9.17) is 0 Å². The molecule has 6 heteroatoms. The molecule has 1 aliphatic heterocycles. The lowest BCUT2D eigenvalue weighted by molar-refractivity contribution is -0.125. The summed E-state index contributed by atoms with van der Waals surface area (Å²) in [6, 6.07) is 7.98. The van der Waals surface area contributed by atoms with E-state index >= 15 is 0 Å². The number of aryl methyl sites for hydroxylation is 1. The van der Waals surface area contributed by atoms with E-state index in [1.165, 1.54) is 5.56 Å². The van der Waals surface area contributed by atoms with Crippen LogP contribution >= 0.6 is 12.4 Å². The van der Waals surface area contributed by atoms with Crippen LogP contribution in [-0.4, -0.2) is 38.5 Å². The van der Waals surface area contributed by atoms with Gasteiger partial charge in [0.1, 0.15) is 0 Å². The molecular formula is C16H24ClN3O2. The Morgan fingerprint density at radius 2 is 2.05 bits per heavy atom. The largest absolute Gasteiger partial charge is 0.347 e. The Morgan fingerprint density at radius 1 is 1.27 bits per heavy atom. The minimum absolute atomic E-state index is 0. The molecule has 0 aliphatic carbocycles. The first-order valence-corrected chi connectivity index (χ1v) is 7.52. The Kier molecular flexibility index (Phi) is 7.91. The van der Waals surface area contributed by atoms with Crippen molar-refractivity contribution in [3.63, 3.8) is 0 Å². The average molecular weight is 326 g/mol. The van der Waals surface area contributed by atoms with Gasteiger partial charge in [0.2, 0.25) is 11.8 Å². The van der Waals surface area contributed by atoms with Gasteiger partial charge in [-0.1, -0.05) is 18.2 Å². The molecule has 1 aromatic carbocycles. The molecule has 0 bridgehead atoms. The second-order valence-electron chi connectivity index (χ2n) is 5.26. The maximum Gasteiger partial charge on any atom is 0.246 e. The summed E-state index contributed by atoms with van der Waals surface area (Å²) < 4.78 is 0. The molecule has 22 heavy (non-hydrogen) atoms. The van der Waals surface area contributed by atoms with E-state index in [9.17, 15) is 9.59 Å². The molecule has 0 spiro atoms. The van der Waals surface area contributed by atoms with E-state index < -0.39 is 0 Å². The molecule has 2 N–H and O–H groups in total. The van der Waals surface area contributed by atoms with Gasteiger partial charge in [-0.15, -0.1) is 12.4 Å². The standard InChI is InChI=1S/C16H23N3O2.ClH/c1-17-10-4-9-15(20)18-12-16(21)19-11-5-7-13-6-2-3-8-14(13)19;/h2-3,6,8,17H,4-5,7,9-12H2,1H3,(H,18,20);1H. The van der Waals surface area contributed by atoms with Gasteiger partial charge in [-0.25, -0.2) is 0 Å². The van der Waals surface area contributed by atoms with E-state index in [0.717, 1.165) is 38.0 Å². The lowest BCUT2D eigenvalue weighted by Crippen LogP contribution is -2.42. The predicted molar refractivity (Wildman–Crippen MR) is 90.5 cm³/mol. The quantitative estimate of drug-likeness (QED) is 0.779. The zero-order chi connectivity index (χ0) is 15.1. The number of nitrogens with one attached hydrogen (secondary N) is 2. The fourth-order valence-electron chi connectivity index (χ4n) is 2.58. The van der Waals surface area contributed by atoms with Crippen molar-refractivity contribution < 1.29 is 9.59 Å². The van der Waals surface area contributed by atoms with Gasteiger partial charge in [0, 0.05) is 18.7 Å². The van der Waals surface area contributed by atoms with Gasteiger partial charge < -0.3 is 15.5 Å². The van der Waals surface area contributed by atoms with Gasteiger partial charge in [0.05, 0.1) is 6.54 Å². The second-order valence-corrected chi connectivity index (χ2v) is 5.26. The van der Waals surface area contributed by atoms with Gasteiger partial charge in [-0.2, -0.15) is 0 Å². The van der Waals surface area contributed by atoms with E-state index in [2.05, 4.69) is 16.7 Å². The number of rotatable bonds is 6.